The van der Waals surface area contributed by atoms with Crippen LogP contribution in [0.2, 0.25) is 0 Å². The van der Waals surface area contributed by atoms with E-state index in [2.05, 4.69) is 4.98 Å². The summed E-state index contributed by atoms with van der Waals surface area (Å²) >= 11 is 1.19. The molecule has 0 fully saturated rings. The summed E-state index contributed by atoms with van der Waals surface area (Å²) in [5.41, 5.74) is 0.972. The maximum absolute atomic E-state index is 12.4. The van der Waals surface area contributed by atoms with Gasteiger partial charge in [-0.1, -0.05) is 48.5 Å². The molecule has 0 saturated heterocycles. The second-order valence-electron chi connectivity index (χ2n) is 4.17. The zero-order chi connectivity index (χ0) is 14.0. The third kappa shape index (κ3) is 2.37. The molecule has 3 nitrogen and oxygen atoms in total. The summed E-state index contributed by atoms with van der Waals surface area (Å²) in [6.07, 6.45) is 1.61. The molecule has 5 heteroatoms. The van der Waals surface area contributed by atoms with Crippen molar-refractivity contribution in [2.24, 2.45) is 0 Å². The smallest absolute Gasteiger partial charge is 0.233 e. The maximum Gasteiger partial charge on any atom is 0.233 e. The van der Waals surface area contributed by atoms with Crippen molar-refractivity contribution in [2.45, 2.75) is 9.24 Å². The molecule has 0 aliphatic rings. The molecule has 0 N–H and O–H groups in total. The molecule has 20 heavy (non-hydrogen) atoms. The molecule has 0 bridgehead atoms. The monoisotopic (exact) mass is 301 g/mol. The van der Waals surface area contributed by atoms with E-state index in [1.807, 2.05) is 30.3 Å². The lowest BCUT2D eigenvalue weighted by molar-refractivity contribution is 0.595. The Morgan fingerprint density at radius 1 is 0.850 bits per heavy atom. The van der Waals surface area contributed by atoms with E-state index in [0.717, 1.165) is 10.4 Å². The molecule has 100 valence electrons. The highest BCUT2D eigenvalue weighted by atomic mass is 32.2. The van der Waals surface area contributed by atoms with Gasteiger partial charge in [0, 0.05) is 6.20 Å². The lowest BCUT2D eigenvalue weighted by atomic mass is 10.2. The molecule has 0 atom stereocenters. The van der Waals surface area contributed by atoms with Gasteiger partial charge in [0.15, 0.2) is 0 Å². The predicted octanol–water partition coefficient (Wildman–Crippen LogP) is 3.64. The van der Waals surface area contributed by atoms with Crippen LogP contribution in [0, 0.1) is 0 Å². The van der Waals surface area contributed by atoms with Gasteiger partial charge in [-0.15, -0.1) is 11.3 Å². The normalized spacial score (nSPS) is 11.4. The lowest BCUT2D eigenvalue weighted by Crippen LogP contribution is -2.00. The molecule has 0 aliphatic heterocycles. The summed E-state index contributed by atoms with van der Waals surface area (Å²) in [7, 11) is -3.52. The number of nitrogens with zero attached hydrogens (tertiary/aromatic N) is 1. The molecule has 0 saturated carbocycles. The van der Waals surface area contributed by atoms with E-state index in [0.29, 0.717) is 0 Å². The molecule has 0 aliphatic carbocycles. The number of thiazole rings is 1. The summed E-state index contributed by atoms with van der Waals surface area (Å²) in [6, 6.07) is 18.0. The largest absolute Gasteiger partial charge is 0.233 e. The first-order valence-corrected chi connectivity index (χ1v) is 8.29. The van der Waals surface area contributed by atoms with Crippen molar-refractivity contribution in [3.05, 3.63) is 66.9 Å². The Balaban J connectivity index is 2.03. The fraction of sp³-hybridized carbons (Fsp3) is 0. The second-order valence-corrected chi connectivity index (χ2v) is 7.33. The van der Waals surface area contributed by atoms with E-state index in [9.17, 15) is 8.42 Å². The fourth-order valence-corrected chi connectivity index (χ4v) is 4.38. The Labute approximate surface area is 121 Å². The second kappa shape index (κ2) is 5.19. The van der Waals surface area contributed by atoms with Gasteiger partial charge in [0.05, 0.1) is 9.77 Å². The van der Waals surface area contributed by atoms with Crippen LogP contribution in [-0.2, 0) is 9.84 Å². The quantitative estimate of drug-likeness (QED) is 0.742. The van der Waals surface area contributed by atoms with Gasteiger partial charge in [0.25, 0.3) is 0 Å². The van der Waals surface area contributed by atoms with E-state index in [-0.39, 0.29) is 9.24 Å². The van der Waals surface area contributed by atoms with Crippen LogP contribution in [0.3, 0.4) is 0 Å². The van der Waals surface area contributed by atoms with Crippen molar-refractivity contribution in [1.29, 1.82) is 0 Å². The third-order valence-electron chi connectivity index (χ3n) is 2.83. The van der Waals surface area contributed by atoms with E-state index in [1.54, 1.807) is 36.5 Å². The van der Waals surface area contributed by atoms with Crippen molar-refractivity contribution < 1.29 is 8.42 Å². The molecular weight excluding hydrogens is 290 g/mol. The van der Waals surface area contributed by atoms with Gasteiger partial charge in [0.2, 0.25) is 14.2 Å². The first-order valence-electron chi connectivity index (χ1n) is 5.99. The van der Waals surface area contributed by atoms with Crippen molar-refractivity contribution in [2.75, 3.05) is 0 Å². The topological polar surface area (TPSA) is 47.0 Å². The first-order chi connectivity index (χ1) is 9.68. The molecule has 1 heterocycles. The zero-order valence-electron chi connectivity index (χ0n) is 10.4. The summed E-state index contributed by atoms with van der Waals surface area (Å²) in [5.74, 6) is 0. The minimum absolute atomic E-state index is 0.127. The van der Waals surface area contributed by atoms with Gasteiger partial charge in [-0.2, -0.15) is 0 Å². The van der Waals surface area contributed by atoms with Crippen LogP contribution in [0.5, 0.6) is 0 Å². The van der Waals surface area contributed by atoms with Gasteiger partial charge in [0.1, 0.15) is 0 Å². The molecule has 0 unspecified atom stereocenters. The zero-order valence-corrected chi connectivity index (χ0v) is 12.1. The van der Waals surface area contributed by atoms with Crippen LogP contribution in [-0.4, -0.2) is 13.4 Å². The van der Waals surface area contributed by atoms with Crippen LogP contribution in [0.25, 0.3) is 10.4 Å². The van der Waals surface area contributed by atoms with Crippen LogP contribution >= 0.6 is 11.3 Å². The van der Waals surface area contributed by atoms with Crippen LogP contribution in [0.15, 0.2) is 76.1 Å². The van der Waals surface area contributed by atoms with Crippen LogP contribution < -0.4 is 0 Å². The van der Waals surface area contributed by atoms with Crippen molar-refractivity contribution >= 4 is 21.2 Å². The standard InChI is InChI=1S/C15H11NO2S2/c17-20(18,13-9-5-2-6-10-13)15-16-11-14(19-15)12-7-3-1-4-8-12/h1-11H. The summed E-state index contributed by atoms with van der Waals surface area (Å²) in [5, 5.41) is 0. The average molecular weight is 301 g/mol. The third-order valence-corrected chi connectivity index (χ3v) is 6.03. The minimum atomic E-state index is -3.52. The number of hydrogen-bond acceptors (Lipinski definition) is 4. The Kier molecular flexibility index (Phi) is 3.38. The van der Waals surface area contributed by atoms with Gasteiger partial charge >= 0.3 is 0 Å². The Morgan fingerprint density at radius 3 is 2.10 bits per heavy atom. The van der Waals surface area contributed by atoms with E-state index in [4.69, 9.17) is 0 Å². The van der Waals surface area contributed by atoms with Gasteiger partial charge < -0.3 is 0 Å². The molecule has 3 aromatic rings. The predicted molar refractivity (Wildman–Crippen MR) is 79.4 cm³/mol. The number of rotatable bonds is 3. The average Bonchev–Trinajstić information content (AvgIpc) is 3.00. The summed E-state index contributed by atoms with van der Waals surface area (Å²) in [4.78, 5) is 5.19. The highest BCUT2D eigenvalue weighted by Gasteiger charge is 2.21. The Morgan fingerprint density at radius 2 is 1.45 bits per heavy atom. The highest BCUT2D eigenvalue weighted by Crippen LogP contribution is 2.31. The number of benzene rings is 2. The van der Waals surface area contributed by atoms with Crippen LogP contribution in [0.4, 0.5) is 0 Å². The Hall–Kier alpha value is -1.98. The Bertz CT molecular complexity index is 809. The fourth-order valence-electron chi connectivity index (χ4n) is 1.82. The molecule has 3 rings (SSSR count). The number of hydrogen-bond donors (Lipinski definition) is 0. The van der Waals surface area contributed by atoms with E-state index >= 15 is 0 Å². The van der Waals surface area contributed by atoms with Gasteiger partial charge in [-0.05, 0) is 17.7 Å². The van der Waals surface area contributed by atoms with E-state index in [1.165, 1.54) is 11.3 Å². The summed E-state index contributed by atoms with van der Waals surface area (Å²) in [6.45, 7) is 0. The van der Waals surface area contributed by atoms with E-state index < -0.39 is 9.84 Å². The summed E-state index contributed by atoms with van der Waals surface area (Å²) < 4.78 is 25.0. The van der Waals surface area contributed by atoms with Crippen molar-refractivity contribution in [3.8, 4) is 10.4 Å². The number of aromatic nitrogens is 1. The van der Waals surface area contributed by atoms with Crippen molar-refractivity contribution in [3.63, 3.8) is 0 Å². The first kappa shape index (κ1) is 13.0. The SMILES string of the molecule is O=S(=O)(c1ccccc1)c1ncc(-c2ccccc2)s1. The van der Waals surface area contributed by atoms with Gasteiger partial charge in [-0.3, -0.25) is 0 Å². The minimum Gasteiger partial charge on any atom is -0.233 e. The van der Waals surface area contributed by atoms with Crippen molar-refractivity contribution in [1.82, 2.24) is 4.98 Å². The molecular formula is C15H11NO2S2. The molecule has 0 radical (unpaired) electrons. The molecule has 1 aromatic heterocycles. The van der Waals surface area contributed by atoms with Crippen LogP contribution in [0.1, 0.15) is 0 Å². The molecule has 0 amide bonds. The molecule has 0 spiro atoms. The molecule has 2 aromatic carbocycles. The van der Waals surface area contributed by atoms with Gasteiger partial charge in [-0.25, -0.2) is 13.4 Å². The highest BCUT2D eigenvalue weighted by molar-refractivity contribution is 7.93. The number of sulfone groups is 1. The maximum atomic E-state index is 12.4. The lowest BCUT2D eigenvalue weighted by Gasteiger charge is -1.99.